The number of carbonyl (C=O) groups excluding carboxylic acids is 1. The summed E-state index contributed by atoms with van der Waals surface area (Å²) < 4.78 is 14.7. The van der Waals surface area contributed by atoms with E-state index in [9.17, 15) is 14.3 Å². The molecule has 0 aliphatic heterocycles. The van der Waals surface area contributed by atoms with Gasteiger partial charge in [-0.15, -0.1) is 0 Å². The lowest BCUT2D eigenvalue weighted by Gasteiger charge is -2.06. The fourth-order valence-electron chi connectivity index (χ4n) is 2.78. The van der Waals surface area contributed by atoms with Gasteiger partial charge in [0.1, 0.15) is 11.4 Å². The van der Waals surface area contributed by atoms with Crippen LogP contribution in [0.5, 0.6) is 5.88 Å². The number of fused-ring (bicyclic) bond motifs is 1. The molecule has 4 aromatic rings. The first-order valence-corrected chi connectivity index (χ1v) is 8.27. The summed E-state index contributed by atoms with van der Waals surface area (Å²) in [6.45, 7) is 0.354. The molecule has 0 bridgehead atoms. The minimum absolute atomic E-state index is 0.193. The van der Waals surface area contributed by atoms with Gasteiger partial charge < -0.3 is 10.4 Å². The summed E-state index contributed by atoms with van der Waals surface area (Å²) in [4.78, 5) is 17.0. The van der Waals surface area contributed by atoms with Gasteiger partial charge in [0.15, 0.2) is 5.65 Å². The highest BCUT2D eigenvalue weighted by molar-refractivity contribution is 5.99. The summed E-state index contributed by atoms with van der Waals surface area (Å²) in [5.74, 6) is -0.971. The van der Waals surface area contributed by atoms with E-state index in [1.807, 2.05) is 30.3 Å². The molecular formula is C20H15FN4O2. The number of halogens is 1. The normalized spacial score (nSPS) is 10.9. The molecule has 0 aliphatic rings. The maximum atomic E-state index is 13.5. The topological polar surface area (TPSA) is 79.5 Å². The largest absolute Gasteiger partial charge is 0.493 e. The van der Waals surface area contributed by atoms with E-state index in [-0.39, 0.29) is 23.0 Å². The number of nitrogens with one attached hydrogen (secondary N) is 1. The van der Waals surface area contributed by atoms with Crippen molar-refractivity contribution < 1.29 is 14.3 Å². The highest BCUT2D eigenvalue weighted by Gasteiger charge is 2.17. The van der Waals surface area contributed by atoms with Crippen molar-refractivity contribution >= 4 is 11.6 Å². The Balaban J connectivity index is 1.68. The standard InChI is InChI=1S/C20H15FN4O2/c21-15-8-4-7-14(9-15)17-10-18(26)25-19(24-17)16(12-23-25)20(27)22-11-13-5-2-1-3-6-13/h1-10,12,26H,11H2,(H,22,27). The van der Waals surface area contributed by atoms with Crippen molar-refractivity contribution in [2.75, 3.05) is 0 Å². The lowest BCUT2D eigenvalue weighted by atomic mass is 10.1. The Bertz CT molecular complexity index is 1130. The van der Waals surface area contributed by atoms with Crippen LogP contribution in [0.3, 0.4) is 0 Å². The first-order chi connectivity index (χ1) is 13.1. The Morgan fingerprint density at radius 1 is 1.11 bits per heavy atom. The van der Waals surface area contributed by atoms with E-state index < -0.39 is 5.82 Å². The molecule has 0 aliphatic carbocycles. The van der Waals surface area contributed by atoms with Crippen molar-refractivity contribution in [2.24, 2.45) is 0 Å². The van der Waals surface area contributed by atoms with Crippen LogP contribution in [-0.4, -0.2) is 25.6 Å². The number of carbonyl (C=O) groups is 1. The van der Waals surface area contributed by atoms with Gasteiger partial charge in [-0.25, -0.2) is 9.37 Å². The van der Waals surface area contributed by atoms with Crippen LogP contribution in [0, 0.1) is 5.82 Å². The monoisotopic (exact) mass is 362 g/mol. The number of hydrogen-bond donors (Lipinski definition) is 2. The van der Waals surface area contributed by atoms with Gasteiger partial charge in [-0.1, -0.05) is 42.5 Å². The van der Waals surface area contributed by atoms with Crippen molar-refractivity contribution in [3.8, 4) is 17.1 Å². The minimum Gasteiger partial charge on any atom is -0.493 e. The van der Waals surface area contributed by atoms with Crippen LogP contribution < -0.4 is 5.32 Å². The number of benzene rings is 2. The van der Waals surface area contributed by atoms with Crippen LogP contribution in [0.2, 0.25) is 0 Å². The van der Waals surface area contributed by atoms with Crippen LogP contribution in [0.1, 0.15) is 15.9 Å². The van der Waals surface area contributed by atoms with Gasteiger partial charge in [-0.05, 0) is 17.7 Å². The second-order valence-corrected chi connectivity index (χ2v) is 5.97. The third-order valence-corrected chi connectivity index (χ3v) is 4.11. The average molecular weight is 362 g/mol. The number of hydrogen-bond acceptors (Lipinski definition) is 4. The summed E-state index contributed by atoms with van der Waals surface area (Å²) in [7, 11) is 0. The minimum atomic E-state index is -0.414. The second-order valence-electron chi connectivity index (χ2n) is 5.97. The highest BCUT2D eigenvalue weighted by Crippen LogP contribution is 2.24. The van der Waals surface area contributed by atoms with Crippen LogP contribution in [0.25, 0.3) is 16.9 Å². The summed E-state index contributed by atoms with van der Waals surface area (Å²) in [6, 6.07) is 16.7. The molecular weight excluding hydrogens is 347 g/mol. The Morgan fingerprint density at radius 3 is 2.70 bits per heavy atom. The van der Waals surface area contributed by atoms with E-state index in [1.165, 1.54) is 28.9 Å². The fourth-order valence-corrected chi connectivity index (χ4v) is 2.78. The predicted molar refractivity (Wildman–Crippen MR) is 97.7 cm³/mol. The smallest absolute Gasteiger partial charge is 0.257 e. The van der Waals surface area contributed by atoms with Gasteiger partial charge in [0.2, 0.25) is 5.88 Å². The molecule has 134 valence electrons. The van der Waals surface area contributed by atoms with Gasteiger partial charge in [0, 0.05) is 18.2 Å². The van der Waals surface area contributed by atoms with Gasteiger partial charge in [0.05, 0.1) is 11.9 Å². The molecule has 1 amide bonds. The molecule has 0 atom stereocenters. The number of nitrogens with zero attached hydrogens (tertiary/aromatic N) is 3. The fraction of sp³-hybridized carbons (Fsp3) is 0.0500. The molecule has 6 nitrogen and oxygen atoms in total. The molecule has 2 heterocycles. The maximum Gasteiger partial charge on any atom is 0.257 e. The molecule has 0 fully saturated rings. The molecule has 4 rings (SSSR count). The summed E-state index contributed by atoms with van der Waals surface area (Å²) in [6.07, 6.45) is 1.34. The summed E-state index contributed by atoms with van der Waals surface area (Å²) >= 11 is 0. The van der Waals surface area contributed by atoms with Gasteiger partial charge in [-0.2, -0.15) is 9.61 Å². The van der Waals surface area contributed by atoms with Gasteiger partial charge in [0.25, 0.3) is 5.91 Å². The Kier molecular flexibility index (Phi) is 4.25. The third-order valence-electron chi connectivity index (χ3n) is 4.11. The van der Waals surface area contributed by atoms with Gasteiger partial charge >= 0.3 is 0 Å². The van der Waals surface area contributed by atoms with E-state index >= 15 is 0 Å². The highest BCUT2D eigenvalue weighted by atomic mass is 19.1. The quantitative estimate of drug-likeness (QED) is 0.584. The molecule has 0 spiro atoms. The van der Waals surface area contributed by atoms with Gasteiger partial charge in [-0.3, -0.25) is 4.79 Å². The molecule has 0 radical (unpaired) electrons. The number of aromatic nitrogens is 3. The zero-order valence-electron chi connectivity index (χ0n) is 14.1. The average Bonchev–Trinajstić information content (AvgIpc) is 3.12. The lowest BCUT2D eigenvalue weighted by molar-refractivity contribution is 0.0952. The summed E-state index contributed by atoms with van der Waals surface area (Å²) in [5.41, 5.74) is 2.21. The molecule has 0 saturated carbocycles. The van der Waals surface area contributed by atoms with Crippen LogP contribution in [0.4, 0.5) is 4.39 Å². The predicted octanol–water partition coefficient (Wildman–Crippen LogP) is 3.17. The zero-order valence-corrected chi connectivity index (χ0v) is 14.1. The molecule has 2 aromatic heterocycles. The summed E-state index contributed by atoms with van der Waals surface area (Å²) in [5, 5.41) is 17.0. The Morgan fingerprint density at radius 2 is 1.93 bits per heavy atom. The first kappa shape index (κ1) is 16.7. The first-order valence-electron chi connectivity index (χ1n) is 8.27. The molecule has 27 heavy (non-hydrogen) atoms. The van der Waals surface area contributed by atoms with E-state index in [2.05, 4.69) is 15.4 Å². The van der Waals surface area contributed by atoms with E-state index in [1.54, 1.807) is 12.1 Å². The second kappa shape index (κ2) is 6.87. The molecule has 0 saturated heterocycles. The molecule has 7 heteroatoms. The lowest BCUT2D eigenvalue weighted by Crippen LogP contribution is -2.22. The molecule has 0 unspecified atom stereocenters. The van der Waals surface area contributed by atoms with Crippen LogP contribution in [-0.2, 0) is 6.54 Å². The third kappa shape index (κ3) is 3.35. The number of rotatable bonds is 4. The maximum absolute atomic E-state index is 13.5. The van der Waals surface area contributed by atoms with Crippen molar-refractivity contribution in [2.45, 2.75) is 6.54 Å². The van der Waals surface area contributed by atoms with Crippen LogP contribution >= 0.6 is 0 Å². The van der Waals surface area contributed by atoms with Crippen molar-refractivity contribution in [1.29, 1.82) is 0 Å². The van der Waals surface area contributed by atoms with Crippen molar-refractivity contribution in [3.05, 3.63) is 83.8 Å². The number of aromatic hydroxyl groups is 1. The molecule has 2 N–H and O–H groups in total. The molecule has 2 aromatic carbocycles. The Labute approximate surface area is 153 Å². The van der Waals surface area contributed by atoms with E-state index in [0.717, 1.165) is 5.56 Å². The van der Waals surface area contributed by atoms with Crippen LogP contribution in [0.15, 0.2) is 66.9 Å². The number of amides is 1. The van der Waals surface area contributed by atoms with Crippen molar-refractivity contribution in [1.82, 2.24) is 19.9 Å². The van der Waals surface area contributed by atoms with Crippen molar-refractivity contribution in [3.63, 3.8) is 0 Å². The SMILES string of the molecule is O=C(NCc1ccccc1)c1cnn2c(O)cc(-c3cccc(F)c3)nc12. The van der Waals surface area contributed by atoms with E-state index in [4.69, 9.17) is 0 Å². The zero-order chi connectivity index (χ0) is 18.8. The Hall–Kier alpha value is -3.74. The van der Waals surface area contributed by atoms with E-state index in [0.29, 0.717) is 17.8 Å².